The van der Waals surface area contributed by atoms with Gasteiger partial charge in [-0.1, -0.05) is 11.8 Å². The predicted molar refractivity (Wildman–Crippen MR) is 65.6 cm³/mol. The summed E-state index contributed by atoms with van der Waals surface area (Å²) < 4.78 is 9.40. The Kier molecular flexibility index (Phi) is 6.37. The van der Waals surface area contributed by atoms with Crippen molar-refractivity contribution in [2.24, 2.45) is 11.8 Å². The molecule has 3 unspecified atom stereocenters. The molecule has 3 heteroatoms. The maximum absolute atomic E-state index is 9.89. The molecule has 0 saturated heterocycles. The minimum Gasteiger partial charge on any atom is -0.450 e. The lowest BCUT2D eigenvalue weighted by molar-refractivity contribution is 0.0515. The molecule has 94 valence electrons. The van der Waals surface area contributed by atoms with Crippen molar-refractivity contribution in [2.45, 2.75) is 38.2 Å². The molecule has 0 spiro atoms. The van der Waals surface area contributed by atoms with Crippen LogP contribution in [-0.4, -0.2) is 25.4 Å². The van der Waals surface area contributed by atoms with Gasteiger partial charge < -0.3 is 14.6 Å². The molecule has 0 heterocycles. The molecule has 1 saturated carbocycles. The van der Waals surface area contributed by atoms with Crippen LogP contribution in [0.2, 0.25) is 0 Å². The molecule has 0 aromatic carbocycles. The summed E-state index contributed by atoms with van der Waals surface area (Å²) in [5, 5.41) is 9.89. The van der Waals surface area contributed by atoms with Gasteiger partial charge in [0.25, 0.3) is 0 Å². The lowest BCUT2D eigenvalue weighted by atomic mass is 9.77. The van der Waals surface area contributed by atoms with Crippen LogP contribution in [-0.2, 0) is 9.47 Å². The monoisotopic (exact) mass is 236 g/mol. The van der Waals surface area contributed by atoms with Crippen LogP contribution in [0.5, 0.6) is 0 Å². The normalized spacial score (nSPS) is 27.1. The van der Waals surface area contributed by atoms with Crippen molar-refractivity contribution in [1.29, 1.82) is 0 Å². The molecule has 1 aliphatic carbocycles. The molecule has 3 atom stereocenters. The second kappa shape index (κ2) is 7.87. The first-order valence-corrected chi connectivity index (χ1v) is 5.97. The fourth-order valence-electron chi connectivity index (χ4n) is 2.25. The van der Waals surface area contributed by atoms with Gasteiger partial charge in [0.15, 0.2) is 0 Å². The van der Waals surface area contributed by atoms with E-state index in [1.807, 2.05) is 0 Å². The van der Waals surface area contributed by atoms with E-state index in [4.69, 9.17) is 9.47 Å². The van der Waals surface area contributed by atoms with Crippen molar-refractivity contribution in [2.75, 3.05) is 14.2 Å². The molecule has 0 radical (unpaired) electrons. The summed E-state index contributed by atoms with van der Waals surface area (Å²) in [4.78, 5) is 0. The summed E-state index contributed by atoms with van der Waals surface area (Å²) in [6.07, 6.45) is 9.36. The van der Waals surface area contributed by atoms with Gasteiger partial charge in [-0.3, -0.25) is 0 Å². The molecule has 1 rings (SSSR count). The summed E-state index contributed by atoms with van der Waals surface area (Å²) in [5.74, 6) is 6.72. The lowest BCUT2D eigenvalue weighted by Crippen LogP contribution is -2.28. The summed E-state index contributed by atoms with van der Waals surface area (Å²) in [7, 11) is 3.12. The van der Waals surface area contributed by atoms with Gasteiger partial charge in [0.1, 0.15) is 12.2 Å². The second-order valence-corrected chi connectivity index (χ2v) is 4.38. The Balaban J connectivity index is 2.41. The minimum atomic E-state index is -0.229. The molecule has 0 amide bonds. The quantitative estimate of drug-likeness (QED) is 0.742. The highest BCUT2D eigenvalue weighted by atomic mass is 16.5. The van der Waals surface area contributed by atoms with Crippen LogP contribution in [0.25, 0.3) is 0 Å². The Bertz CT molecular complexity index is 329. The van der Waals surface area contributed by atoms with Crippen molar-refractivity contribution >= 4 is 0 Å². The second-order valence-electron chi connectivity index (χ2n) is 4.38. The van der Waals surface area contributed by atoms with E-state index >= 15 is 0 Å². The van der Waals surface area contributed by atoms with Crippen LogP contribution >= 0.6 is 0 Å². The Hall–Kier alpha value is -1.32. The number of hydrogen-bond donors (Lipinski definition) is 1. The molecule has 1 fully saturated rings. The average Bonchev–Trinajstić information content (AvgIpc) is 2.33. The average molecular weight is 236 g/mol. The van der Waals surface area contributed by atoms with Crippen LogP contribution in [0.1, 0.15) is 32.1 Å². The first kappa shape index (κ1) is 13.7. The van der Waals surface area contributed by atoms with E-state index in [0.717, 1.165) is 25.7 Å². The summed E-state index contributed by atoms with van der Waals surface area (Å²) >= 11 is 0. The maximum Gasteiger partial charge on any atom is 0.109 e. The molecular formula is C14H20O3. The number of hydrogen-bond acceptors (Lipinski definition) is 3. The highest BCUT2D eigenvalue weighted by Crippen LogP contribution is 2.32. The van der Waals surface area contributed by atoms with Crippen LogP contribution in [0, 0.1) is 35.9 Å². The summed E-state index contributed by atoms with van der Waals surface area (Å²) in [5.41, 5.74) is 0. The molecule has 3 nitrogen and oxygen atoms in total. The number of rotatable bonds is 2. The van der Waals surface area contributed by atoms with Gasteiger partial charge in [-0.15, -0.1) is 0 Å². The van der Waals surface area contributed by atoms with E-state index in [-0.39, 0.29) is 12.0 Å². The third kappa shape index (κ3) is 5.02. The molecule has 0 aliphatic heterocycles. The first-order chi connectivity index (χ1) is 8.27. The molecule has 0 aromatic rings. The third-order valence-corrected chi connectivity index (χ3v) is 3.15. The van der Waals surface area contributed by atoms with Gasteiger partial charge in [-0.25, -0.2) is 0 Å². The van der Waals surface area contributed by atoms with Gasteiger partial charge in [-0.05, 0) is 31.1 Å². The largest absolute Gasteiger partial charge is 0.450 e. The van der Waals surface area contributed by atoms with Crippen LogP contribution in [0.4, 0.5) is 0 Å². The van der Waals surface area contributed by atoms with Gasteiger partial charge >= 0.3 is 0 Å². The SMILES string of the molecule is COC#CCC1CCC(O)C(CC#COC)C1. The fraction of sp³-hybridized carbons (Fsp3) is 0.714. The minimum absolute atomic E-state index is 0.229. The topological polar surface area (TPSA) is 38.7 Å². The molecule has 1 aliphatic rings. The Morgan fingerprint density at radius 3 is 2.35 bits per heavy atom. The molecule has 0 aromatic heterocycles. The zero-order chi connectivity index (χ0) is 12.5. The Morgan fingerprint density at radius 1 is 1.06 bits per heavy atom. The number of methoxy groups -OCH3 is 2. The van der Waals surface area contributed by atoms with Gasteiger partial charge in [0.05, 0.1) is 20.3 Å². The Labute approximate surface area is 103 Å². The summed E-state index contributed by atoms with van der Waals surface area (Å²) in [6, 6.07) is 0. The van der Waals surface area contributed by atoms with Crippen LogP contribution < -0.4 is 0 Å². The van der Waals surface area contributed by atoms with E-state index in [1.165, 1.54) is 0 Å². The molecule has 17 heavy (non-hydrogen) atoms. The van der Waals surface area contributed by atoms with E-state index in [0.29, 0.717) is 12.3 Å². The van der Waals surface area contributed by atoms with Crippen molar-refractivity contribution in [1.82, 2.24) is 0 Å². The van der Waals surface area contributed by atoms with Crippen molar-refractivity contribution in [3.05, 3.63) is 0 Å². The van der Waals surface area contributed by atoms with Crippen molar-refractivity contribution in [3.63, 3.8) is 0 Å². The van der Waals surface area contributed by atoms with Crippen LogP contribution in [0.15, 0.2) is 0 Å². The van der Waals surface area contributed by atoms with Gasteiger partial charge in [-0.2, -0.15) is 0 Å². The number of aliphatic hydroxyl groups is 1. The molecule has 1 N–H and O–H groups in total. The Morgan fingerprint density at radius 2 is 1.71 bits per heavy atom. The third-order valence-electron chi connectivity index (χ3n) is 3.15. The van der Waals surface area contributed by atoms with Crippen LogP contribution in [0.3, 0.4) is 0 Å². The molecular weight excluding hydrogens is 216 g/mol. The maximum atomic E-state index is 9.89. The van der Waals surface area contributed by atoms with E-state index in [2.05, 4.69) is 24.1 Å². The smallest absolute Gasteiger partial charge is 0.109 e. The molecule has 0 bridgehead atoms. The highest BCUT2D eigenvalue weighted by molar-refractivity contribution is 4.99. The lowest BCUT2D eigenvalue weighted by Gasteiger charge is -2.31. The van der Waals surface area contributed by atoms with E-state index < -0.39 is 0 Å². The zero-order valence-electron chi connectivity index (χ0n) is 10.5. The zero-order valence-corrected chi connectivity index (χ0v) is 10.5. The van der Waals surface area contributed by atoms with E-state index in [1.54, 1.807) is 14.2 Å². The fourth-order valence-corrected chi connectivity index (χ4v) is 2.25. The van der Waals surface area contributed by atoms with E-state index in [9.17, 15) is 5.11 Å². The standard InChI is InChI=1S/C14H20O3/c1-16-9-3-5-12-7-8-14(15)13(11-12)6-4-10-17-2/h12-15H,5-8,11H2,1-2H3. The van der Waals surface area contributed by atoms with Crippen molar-refractivity contribution in [3.8, 4) is 24.1 Å². The summed E-state index contributed by atoms with van der Waals surface area (Å²) in [6.45, 7) is 0. The predicted octanol–water partition coefficient (Wildman–Crippen LogP) is 1.76. The first-order valence-electron chi connectivity index (χ1n) is 5.97. The number of ether oxygens (including phenoxy) is 2. The van der Waals surface area contributed by atoms with Crippen molar-refractivity contribution < 1.29 is 14.6 Å². The van der Waals surface area contributed by atoms with Gasteiger partial charge in [0.2, 0.25) is 0 Å². The number of aliphatic hydroxyl groups excluding tert-OH is 1. The van der Waals surface area contributed by atoms with Gasteiger partial charge in [0, 0.05) is 12.8 Å². The highest BCUT2D eigenvalue weighted by Gasteiger charge is 2.28.